The second-order valence-electron chi connectivity index (χ2n) is 9.93. The van der Waals surface area contributed by atoms with Crippen LogP contribution in [0.4, 0.5) is 5.69 Å². The van der Waals surface area contributed by atoms with Crippen molar-refractivity contribution >= 4 is 29.4 Å². The topological polar surface area (TPSA) is 105 Å². The third-order valence-electron chi connectivity index (χ3n) is 7.64. The fourth-order valence-corrected chi connectivity index (χ4v) is 5.75. The molecule has 2 N–H and O–H groups in total. The highest BCUT2D eigenvalue weighted by atomic mass is 16.4. The summed E-state index contributed by atoms with van der Waals surface area (Å²) >= 11 is 0. The molecule has 3 aromatic rings. The molecule has 8 heteroatoms. The first-order valence-electron chi connectivity index (χ1n) is 13.3. The van der Waals surface area contributed by atoms with Crippen LogP contribution in [0.5, 0.6) is 0 Å². The monoisotopic (exact) mass is 523 g/mol. The number of nitrogens with zero attached hydrogens (tertiary/aromatic N) is 3. The van der Waals surface area contributed by atoms with Crippen LogP contribution in [0.1, 0.15) is 67.9 Å². The van der Waals surface area contributed by atoms with Crippen LogP contribution in [0.2, 0.25) is 0 Å². The third-order valence-corrected chi connectivity index (χ3v) is 7.64. The van der Waals surface area contributed by atoms with Gasteiger partial charge in [0.25, 0.3) is 0 Å². The zero-order valence-electron chi connectivity index (χ0n) is 22.9. The lowest BCUT2D eigenvalue weighted by Gasteiger charge is -2.32. The second kappa shape index (κ2) is 14.2. The summed E-state index contributed by atoms with van der Waals surface area (Å²) in [6, 6.07) is 14.6. The lowest BCUT2D eigenvalue weighted by atomic mass is 9.86. The maximum Gasteiger partial charge on any atom is 0.214 e. The molecule has 1 amide bonds. The number of hydrogen-bond donors (Lipinski definition) is 2. The molecule has 5 rings (SSSR count). The van der Waals surface area contributed by atoms with Gasteiger partial charge in [-0.15, -0.1) is 0 Å². The molecular weight excluding hydrogens is 482 g/mol. The average molecular weight is 524 g/mol. The highest BCUT2D eigenvalue weighted by Gasteiger charge is 2.32. The minimum atomic E-state index is -0.234. The summed E-state index contributed by atoms with van der Waals surface area (Å²) in [6.07, 6.45) is 7.39. The highest BCUT2D eigenvalue weighted by molar-refractivity contribution is 5.91. The number of aldehydes is 1. The summed E-state index contributed by atoms with van der Waals surface area (Å²) in [5.74, 6) is 0.776. The van der Waals surface area contributed by atoms with Crippen LogP contribution in [0.15, 0.2) is 42.5 Å². The van der Waals surface area contributed by atoms with Crippen molar-refractivity contribution in [3.63, 3.8) is 0 Å². The van der Waals surface area contributed by atoms with Crippen molar-refractivity contribution in [1.82, 2.24) is 9.55 Å². The Balaban J connectivity index is 0.000000748. The summed E-state index contributed by atoms with van der Waals surface area (Å²) in [5, 5.41) is 17.5. The van der Waals surface area contributed by atoms with Crippen LogP contribution in [-0.4, -0.2) is 66.4 Å². The molecule has 1 aromatic heterocycles. The standard InChI is InChI=1S/C27H31N3O3.C2H6O.CH4O/c1-18-7-12-22-24(29(18)17-33)13-14-25-26(22)28-27(23(16-32)20-5-3-2-4-6-20)30(25)21-10-8-19(15-31)9-11-21;1-3-2;1-2/h2-6,13-15,17-19,21,23,32H,7-12,16H2,1H3;1-2H3;2H,1H3. The van der Waals surface area contributed by atoms with Gasteiger partial charge in [0.05, 0.1) is 23.6 Å². The molecule has 38 heavy (non-hydrogen) atoms. The van der Waals surface area contributed by atoms with Crippen LogP contribution < -0.4 is 4.90 Å². The van der Waals surface area contributed by atoms with Crippen molar-refractivity contribution in [2.45, 2.75) is 63.5 Å². The number of aromatic nitrogens is 2. The number of anilines is 1. The van der Waals surface area contributed by atoms with E-state index in [4.69, 9.17) is 10.1 Å². The number of aryl methyl sites for hydroxylation is 1. The van der Waals surface area contributed by atoms with Crippen molar-refractivity contribution < 1.29 is 24.5 Å². The predicted octanol–water partition coefficient (Wildman–Crippen LogP) is 4.26. The summed E-state index contributed by atoms with van der Waals surface area (Å²) in [4.78, 5) is 30.1. The number of imidazole rings is 1. The Kier molecular flexibility index (Phi) is 11.0. The third kappa shape index (κ3) is 5.98. The molecule has 2 aromatic carbocycles. The number of carbonyl (C=O) groups excluding carboxylic acids is 2. The molecule has 1 aliphatic carbocycles. The van der Waals surface area contributed by atoms with Gasteiger partial charge in [-0.2, -0.15) is 0 Å². The number of benzene rings is 2. The zero-order chi connectivity index (χ0) is 27.7. The minimum Gasteiger partial charge on any atom is -0.400 e. The zero-order valence-corrected chi connectivity index (χ0v) is 22.9. The Morgan fingerprint density at radius 3 is 2.26 bits per heavy atom. The van der Waals surface area contributed by atoms with Gasteiger partial charge in [0.2, 0.25) is 6.41 Å². The normalized spacial score (nSPS) is 21.3. The Bertz CT molecular complexity index is 1170. The van der Waals surface area contributed by atoms with Gasteiger partial charge in [0.1, 0.15) is 12.1 Å². The average Bonchev–Trinajstić information content (AvgIpc) is 3.35. The number of carbonyl (C=O) groups is 2. The van der Waals surface area contributed by atoms with Crippen LogP contribution in [0.3, 0.4) is 0 Å². The van der Waals surface area contributed by atoms with E-state index >= 15 is 0 Å². The van der Waals surface area contributed by atoms with Gasteiger partial charge < -0.3 is 29.2 Å². The second-order valence-corrected chi connectivity index (χ2v) is 9.93. The van der Waals surface area contributed by atoms with Gasteiger partial charge >= 0.3 is 0 Å². The summed E-state index contributed by atoms with van der Waals surface area (Å²) < 4.78 is 6.58. The molecule has 2 aliphatic rings. The van der Waals surface area contributed by atoms with Crippen molar-refractivity contribution in [3.05, 3.63) is 59.4 Å². The molecule has 1 aliphatic heterocycles. The van der Waals surface area contributed by atoms with Gasteiger partial charge in [-0.25, -0.2) is 4.98 Å². The number of methoxy groups -OCH3 is 1. The van der Waals surface area contributed by atoms with Gasteiger partial charge in [0, 0.05) is 50.6 Å². The van der Waals surface area contributed by atoms with Crippen LogP contribution in [0, 0.1) is 5.92 Å². The van der Waals surface area contributed by atoms with Crippen molar-refractivity contribution in [2.75, 3.05) is 32.8 Å². The van der Waals surface area contributed by atoms with Gasteiger partial charge in [-0.1, -0.05) is 30.3 Å². The quantitative estimate of drug-likeness (QED) is 0.468. The Morgan fingerprint density at radius 2 is 1.68 bits per heavy atom. The first-order chi connectivity index (χ1) is 18.6. The molecule has 1 saturated carbocycles. The van der Waals surface area contributed by atoms with E-state index in [0.29, 0.717) is 0 Å². The van der Waals surface area contributed by atoms with E-state index in [2.05, 4.69) is 28.4 Å². The fourth-order valence-electron chi connectivity index (χ4n) is 5.75. The molecule has 2 heterocycles. The summed E-state index contributed by atoms with van der Waals surface area (Å²) in [6.45, 7) is 2.05. The molecule has 1 fully saturated rings. The summed E-state index contributed by atoms with van der Waals surface area (Å²) in [5.41, 5.74) is 5.10. The fraction of sp³-hybridized carbons (Fsp3) is 0.500. The molecule has 206 valence electrons. The van der Waals surface area contributed by atoms with Gasteiger partial charge in [-0.3, -0.25) is 4.79 Å². The first kappa shape index (κ1) is 29.5. The Morgan fingerprint density at radius 1 is 1.03 bits per heavy atom. The van der Waals surface area contributed by atoms with E-state index in [1.165, 1.54) is 0 Å². The molecule has 8 nitrogen and oxygen atoms in total. The largest absolute Gasteiger partial charge is 0.400 e. The number of hydrogen-bond acceptors (Lipinski definition) is 6. The van der Waals surface area contributed by atoms with Gasteiger partial charge in [-0.05, 0) is 63.1 Å². The maximum absolute atomic E-state index is 11.8. The SMILES string of the molecule is CC1CCc2c(ccc3c2nc(C(CO)c2ccccc2)n3C2CCC(C=O)CC2)N1C=O.CO.COC. The Hall–Kier alpha value is -3.07. The first-order valence-corrected chi connectivity index (χ1v) is 13.3. The van der Waals surface area contributed by atoms with Gasteiger partial charge in [0.15, 0.2) is 0 Å². The van der Waals surface area contributed by atoms with E-state index < -0.39 is 0 Å². The molecule has 0 spiro atoms. The van der Waals surface area contributed by atoms with E-state index in [1.807, 2.05) is 35.2 Å². The molecular formula is C30H41N3O5. The predicted molar refractivity (Wildman–Crippen MR) is 150 cm³/mol. The number of aliphatic hydroxyl groups is 2. The molecule has 2 atom stereocenters. The molecule has 0 saturated heterocycles. The lowest BCUT2D eigenvalue weighted by Crippen LogP contribution is -2.36. The number of ether oxygens (including phenoxy) is 1. The van der Waals surface area contributed by atoms with Crippen LogP contribution >= 0.6 is 0 Å². The van der Waals surface area contributed by atoms with Crippen molar-refractivity contribution in [3.8, 4) is 0 Å². The van der Waals surface area contributed by atoms with Crippen LogP contribution in [0.25, 0.3) is 11.0 Å². The Labute approximate surface area is 225 Å². The number of aliphatic hydroxyl groups excluding tert-OH is 2. The van der Waals surface area contributed by atoms with E-state index in [9.17, 15) is 14.7 Å². The number of rotatable bonds is 6. The molecule has 0 bridgehead atoms. The minimum absolute atomic E-state index is 0.0310. The molecule has 2 unspecified atom stereocenters. The number of fused-ring (bicyclic) bond motifs is 3. The van der Waals surface area contributed by atoms with Crippen molar-refractivity contribution in [2.24, 2.45) is 5.92 Å². The molecule has 0 radical (unpaired) electrons. The lowest BCUT2D eigenvalue weighted by molar-refractivity contribution is -0.112. The number of amides is 1. The van der Waals surface area contributed by atoms with E-state index in [-0.39, 0.29) is 30.5 Å². The smallest absolute Gasteiger partial charge is 0.214 e. The van der Waals surface area contributed by atoms with E-state index in [0.717, 1.165) is 92.0 Å². The van der Waals surface area contributed by atoms with E-state index in [1.54, 1.807) is 14.2 Å². The highest BCUT2D eigenvalue weighted by Crippen LogP contribution is 2.41. The van der Waals surface area contributed by atoms with Crippen LogP contribution in [-0.2, 0) is 20.7 Å². The maximum atomic E-state index is 11.8. The summed E-state index contributed by atoms with van der Waals surface area (Å²) in [7, 11) is 4.25. The van der Waals surface area contributed by atoms with Crippen molar-refractivity contribution in [1.29, 1.82) is 0 Å².